The first-order valence-corrected chi connectivity index (χ1v) is 10.2. The van der Waals surface area contributed by atoms with Gasteiger partial charge in [-0.3, -0.25) is 9.05 Å². The molecule has 1 aromatic carbocycles. The van der Waals surface area contributed by atoms with Crippen LogP contribution in [0.5, 0.6) is 0 Å². The fraction of sp³-hybridized carbons (Fsp3) is 0.556. The van der Waals surface area contributed by atoms with Crippen LogP contribution in [0, 0.1) is 5.82 Å². The van der Waals surface area contributed by atoms with Crippen LogP contribution < -0.4 is 0 Å². The average molecular weight is 369 g/mol. The summed E-state index contributed by atoms with van der Waals surface area (Å²) in [6, 6.07) is 5.82. The summed E-state index contributed by atoms with van der Waals surface area (Å²) in [5, 5.41) is 0. The molecule has 7 heteroatoms. The molecule has 138 valence electrons. The molecule has 1 aliphatic rings. The zero-order valence-electron chi connectivity index (χ0n) is 14.7. The number of nitrogens with zero attached hydrogens (tertiary/aromatic N) is 1. The predicted molar refractivity (Wildman–Crippen MR) is 96.1 cm³/mol. The summed E-state index contributed by atoms with van der Waals surface area (Å²) in [4.78, 5) is 4.45. The van der Waals surface area contributed by atoms with Crippen LogP contribution >= 0.6 is 7.82 Å². The molecule has 1 aromatic rings. The fourth-order valence-corrected chi connectivity index (χ4v) is 3.80. The van der Waals surface area contributed by atoms with Crippen LogP contribution in [0.1, 0.15) is 51.5 Å². The van der Waals surface area contributed by atoms with Crippen molar-refractivity contribution >= 4 is 19.5 Å². The molecule has 2 rings (SSSR count). The Kier molecular flexibility index (Phi) is 7.86. The van der Waals surface area contributed by atoms with E-state index in [-0.39, 0.29) is 30.8 Å². The highest BCUT2D eigenvalue weighted by Gasteiger charge is 2.29. The van der Waals surface area contributed by atoms with Crippen LogP contribution in [0.2, 0.25) is 0 Å². The van der Waals surface area contributed by atoms with E-state index in [4.69, 9.17) is 13.6 Å². The first-order chi connectivity index (χ1) is 12.1. The minimum Gasteiger partial charge on any atom is -0.393 e. The van der Waals surface area contributed by atoms with E-state index >= 15 is 0 Å². The second kappa shape index (κ2) is 9.88. The van der Waals surface area contributed by atoms with Gasteiger partial charge in [0.05, 0.1) is 19.3 Å². The minimum absolute atomic E-state index is 0.135. The molecule has 0 heterocycles. The molecular formula is C18H25FNO4P. The highest BCUT2D eigenvalue weighted by Crippen LogP contribution is 2.52. The maximum absolute atomic E-state index is 13.2. The van der Waals surface area contributed by atoms with Gasteiger partial charge < -0.3 is 4.52 Å². The number of halogens is 1. The largest absolute Gasteiger partial charge is 0.530 e. The number of phosphoric acid groups is 1. The van der Waals surface area contributed by atoms with Crippen LogP contribution in [0.3, 0.4) is 0 Å². The van der Waals surface area contributed by atoms with Gasteiger partial charge in [0.25, 0.3) is 0 Å². The fourth-order valence-electron chi connectivity index (χ4n) is 2.62. The van der Waals surface area contributed by atoms with E-state index in [0.29, 0.717) is 5.56 Å². The summed E-state index contributed by atoms with van der Waals surface area (Å²) in [5.74, 6) is 2.63. The van der Waals surface area contributed by atoms with E-state index in [2.05, 4.69) is 10.9 Å². The Labute approximate surface area is 148 Å². The third-order valence-electron chi connectivity index (χ3n) is 3.81. The van der Waals surface area contributed by atoms with E-state index in [1.54, 1.807) is 13.8 Å². The zero-order chi connectivity index (χ0) is 18.1. The molecule has 0 unspecified atom stereocenters. The standard InChI is InChI=1S/C18H25FNO4P/c1-3-22-25(21,23-4-2)24-18(15-10-12-16(19)13-11-15)14-20-17-8-6-5-7-9-17/h10-13,17H,3-9H2,1-2H3. The van der Waals surface area contributed by atoms with Gasteiger partial charge in [-0.2, -0.15) is 0 Å². The Morgan fingerprint density at radius 3 is 2.32 bits per heavy atom. The maximum atomic E-state index is 13.2. The van der Waals surface area contributed by atoms with Crippen LogP contribution in [0.25, 0.3) is 5.76 Å². The molecule has 0 saturated heterocycles. The van der Waals surface area contributed by atoms with Crippen molar-refractivity contribution in [3.8, 4) is 0 Å². The molecule has 5 nitrogen and oxygen atoms in total. The molecule has 1 aliphatic carbocycles. The molecular weight excluding hydrogens is 344 g/mol. The van der Waals surface area contributed by atoms with Gasteiger partial charge >= 0.3 is 7.82 Å². The van der Waals surface area contributed by atoms with Crippen molar-refractivity contribution in [3.05, 3.63) is 35.6 Å². The highest BCUT2D eigenvalue weighted by atomic mass is 31.2. The third-order valence-corrected chi connectivity index (χ3v) is 5.36. The van der Waals surface area contributed by atoms with Gasteiger partial charge in [-0.25, -0.2) is 13.9 Å². The van der Waals surface area contributed by atoms with Crippen molar-refractivity contribution in [2.24, 2.45) is 4.99 Å². The molecule has 0 atom stereocenters. The van der Waals surface area contributed by atoms with E-state index < -0.39 is 7.82 Å². The molecule has 0 aliphatic heterocycles. The Hall–Kier alpha value is -1.45. The lowest BCUT2D eigenvalue weighted by atomic mass is 9.96. The van der Waals surface area contributed by atoms with Crippen molar-refractivity contribution in [1.82, 2.24) is 0 Å². The van der Waals surface area contributed by atoms with Crippen LogP contribution in [0.15, 0.2) is 29.3 Å². The van der Waals surface area contributed by atoms with Crippen molar-refractivity contribution in [2.45, 2.75) is 52.0 Å². The van der Waals surface area contributed by atoms with E-state index in [9.17, 15) is 8.96 Å². The van der Waals surface area contributed by atoms with Gasteiger partial charge in [0.15, 0.2) is 5.76 Å². The SMILES string of the molecule is CCOP(=O)(OCC)OC(=C=NC1CCCCC1)c1ccc(F)cc1. The molecule has 0 aromatic heterocycles. The minimum atomic E-state index is -3.78. The lowest BCUT2D eigenvalue weighted by molar-refractivity contribution is 0.160. The number of aliphatic imine (C=N–C) groups is 1. The van der Waals surface area contributed by atoms with Gasteiger partial charge in [0.1, 0.15) is 5.82 Å². The lowest BCUT2D eigenvalue weighted by Crippen LogP contribution is -2.09. The van der Waals surface area contributed by atoms with E-state index in [0.717, 1.165) is 25.7 Å². The van der Waals surface area contributed by atoms with Crippen molar-refractivity contribution in [2.75, 3.05) is 13.2 Å². The van der Waals surface area contributed by atoms with E-state index in [1.165, 1.54) is 30.7 Å². The summed E-state index contributed by atoms with van der Waals surface area (Å²) >= 11 is 0. The third kappa shape index (κ3) is 6.41. The topological polar surface area (TPSA) is 57.1 Å². The lowest BCUT2D eigenvalue weighted by Gasteiger charge is -2.18. The molecule has 0 amide bonds. The molecule has 0 spiro atoms. The molecule has 0 radical (unpaired) electrons. The summed E-state index contributed by atoms with van der Waals surface area (Å²) in [6.45, 7) is 3.75. The molecule has 0 bridgehead atoms. The number of phosphoric ester groups is 1. The zero-order valence-corrected chi connectivity index (χ0v) is 15.6. The smallest absolute Gasteiger partial charge is 0.393 e. The van der Waals surface area contributed by atoms with Gasteiger partial charge in [0, 0.05) is 11.4 Å². The molecule has 25 heavy (non-hydrogen) atoms. The summed E-state index contributed by atoms with van der Waals surface area (Å²) < 4.78 is 41.8. The van der Waals surface area contributed by atoms with Crippen LogP contribution in [-0.4, -0.2) is 25.1 Å². The quantitative estimate of drug-likeness (QED) is 0.351. The monoisotopic (exact) mass is 369 g/mol. The molecule has 0 N–H and O–H groups in total. The Morgan fingerprint density at radius 1 is 1.16 bits per heavy atom. The average Bonchev–Trinajstić information content (AvgIpc) is 2.61. The molecule has 1 saturated carbocycles. The number of benzene rings is 1. The number of rotatable bonds is 8. The second-order valence-electron chi connectivity index (χ2n) is 5.74. The van der Waals surface area contributed by atoms with Crippen molar-refractivity contribution in [3.63, 3.8) is 0 Å². The van der Waals surface area contributed by atoms with Gasteiger partial charge in [-0.1, -0.05) is 19.3 Å². The Morgan fingerprint density at radius 2 is 1.76 bits per heavy atom. The first-order valence-electron chi connectivity index (χ1n) is 8.73. The van der Waals surface area contributed by atoms with Crippen molar-refractivity contribution in [1.29, 1.82) is 0 Å². The summed E-state index contributed by atoms with van der Waals surface area (Å²) in [5.41, 5.74) is 0.514. The van der Waals surface area contributed by atoms with Gasteiger partial charge in [0.2, 0.25) is 0 Å². The number of hydrogen-bond acceptors (Lipinski definition) is 5. The van der Waals surface area contributed by atoms with Gasteiger partial charge in [-0.15, -0.1) is 0 Å². The van der Waals surface area contributed by atoms with E-state index in [1.807, 2.05) is 0 Å². The Bertz CT molecular complexity index is 640. The highest BCUT2D eigenvalue weighted by molar-refractivity contribution is 7.48. The van der Waals surface area contributed by atoms with Crippen molar-refractivity contribution < 1.29 is 22.5 Å². The Balaban J connectivity index is 2.32. The molecule has 1 fully saturated rings. The van der Waals surface area contributed by atoms with Crippen LogP contribution in [0.4, 0.5) is 4.39 Å². The summed E-state index contributed by atoms with van der Waals surface area (Å²) in [7, 11) is -3.78. The first kappa shape index (κ1) is 19.9. The van der Waals surface area contributed by atoms with Gasteiger partial charge in [-0.05, 0) is 51.0 Å². The number of hydrogen-bond donors (Lipinski definition) is 0. The summed E-state index contributed by atoms with van der Waals surface area (Å²) in [6.07, 6.45) is 5.50. The maximum Gasteiger partial charge on any atom is 0.530 e. The normalized spacial score (nSPS) is 15.5. The predicted octanol–water partition coefficient (Wildman–Crippen LogP) is 5.37. The second-order valence-corrected chi connectivity index (χ2v) is 7.34. The van der Waals surface area contributed by atoms with Crippen LogP contribution in [-0.2, 0) is 18.1 Å².